The Balaban J connectivity index is 1.53. The van der Waals surface area contributed by atoms with E-state index in [1.54, 1.807) is 35.3 Å². The van der Waals surface area contributed by atoms with Crippen molar-refractivity contribution in [1.82, 2.24) is 20.2 Å². The Labute approximate surface area is 175 Å². The summed E-state index contributed by atoms with van der Waals surface area (Å²) in [6.45, 7) is 6.34. The van der Waals surface area contributed by atoms with Crippen LogP contribution in [0.1, 0.15) is 6.42 Å². The number of amides is 2. The van der Waals surface area contributed by atoms with Crippen molar-refractivity contribution in [1.29, 1.82) is 0 Å². The number of hydrogen-bond acceptors (Lipinski definition) is 5. The Hall–Kier alpha value is -1.81. The van der Waals surface area contributed by atoms with Gasteiger partial charge < -0.3 is 20.1 Å². The highest BCUT2D eigenvalue weighted by Gasteiger charge is 2.29. The van der Waals surface area contributed by atoms with Crippen LogP contribution >= 0.6 is 23.8 Å². The topological polar surface area (TPSA) is 69.3 Å². The predicted molar refractivity (Wildman–Crippen MR) is 113 cm³/mol. The van der Waals surface area contributed by atoms with Gasteiger partial charge in [-0.05, 0) is 36.8 Å². The zero-order chi connectivity index (χ0) is 19.9. The van der Waals surface area contributed by atoms with E-state index < -0.39 is 0 Å². The number of morpholine rings is 1. The number of nitrogens with zero attached hydrogens (tertiary/aromatic N) is 3. The standard InChI is InChI=1S/C18H26ClN5O3S/c1-26-16-4-3-14(19)13-15(16)21-17(25)23-6-2-7-24(23)18(28)20-5-8-22-9-11-27-12-10-22/h3-4,13H,2,5-12H2,1H3,(H,20,28)(H,21,25). The minimum Gasteiger partial charge on any atom is -0.495 e. The summed E-state index contributed by atoms with van der Waals surface area (Å²) >= 11 is 11.6. The molecule has 2 N–H and O–H groups in total. The number of carbonyl (C=O) groups is 1. The number of methoxy groups -OCH3 is 1. The third-order valence-electron chi connectivity index (χ3n) is 4.71. The molecular weight excluding hydrogens is 402 g/mol. The second-order valence-corrected chi connectivity index (χ2v) is 7.38. The molecule has 1 aromatic carbocycles. The van der Waals surface area contributed by atoms with Crippen LogP contribution < -0.4 is 15.4 Å². The number of benzene rings is 1. The lowest BCUT2D eigenvalue weighted by molar-refractivity contribution is 0.0387. The quantitative estimate of drug-likeness (QED) is 0.696. The first-order valence-corrected chi connectivity index (χ1v) is 10.1. The van der Waals surface area contributed by atoms with Crippen LogP contribution in [0, 0.1) is 0 Å². The van der Waals surface area contributed by atoms with Gasteiger partial charge in [0.2, 0.25) is 0 Å². The maximum Gasteiger partial charge on any atom is 0.340 e. The van der Waals surface area contributed by atoms with Crippen LogP contribution in [0.4, 0.5) is 10.5 Å². The molecule has 8 nitrogen and oxygen atoms in total. The fourth-order valence-electron chi connectivity index (χ4n) is 3.23. The molecule has 0 unspecified atom stereocenters. The second-order valence-electron chi connectivity index (χ2n) is 6.56. The zero-order valence-electron chi connectivity index (χ0n) is 15.9. The Morgan fingerprint density at radius 1 is 1.25 bits per heavy atom. The number of urea groups is 1. The number of carbonyl (C=O) groups excluding carboxylic acids is 1. The molecule has 154 valence electrons. The molecule has 0 spiro atoms. The van der Waals surface area contributed by atoms with Gasteiger partial charge in [0.15, 0.2) is 5.11 Å². The van der Waals surface area contributed by atoms with Crippen LogP contribution in [-0.4, -0.2) is 85.7 Å². The molecule has 1 aromatic rings. The minimum atomic E-state index is -0.268. The molecule has 2 aliphatic heterocycles. The van der Waals surface area contributed by atoms with Crippen LogP contribution in [0.15, 0.2) is 18.2 Å². The zero-order valence-corrected chi connectivity index (χ0v) is 17.5. The number of anilines is 1. The van der Waals surface area contributed by atoms with Gasteiger partial charge in [-0.25, -0.2) is 9.80 Å². The lowest BCUT2D eigenvalue weighted by atomic mass is 10.3. The molecule has 28 heavy (non-hydrogen) atoms. The van der Waals surface area contributed by atoms with Crippen molar-refractivity contribution < 1.29 is 14.3 Å². The summed E-state index contributed by atoms with van der Waals surface area (Å²) in [5.74, 6) is 0.551. The third-order valence-corrected chi connectivity index (χ3v) is 5.30. The molecule has 2 amide bonds. The summed E-state index contributed by atoms with van der Waals surface area (Å²) in [7, 11) is 1.55. The first-order valence-electron chi connectivity index (χ1n) is 9.36. The molecule has 2 fully saturated rings. The first-order chi connectivity index (χ1) is 13.6. The van der Waals surface area contributed by atoms with Crippen molar-refractivity contribution >= 4 is 40.6 Å². The molecular formula is C18H26ClN5O3S. The number of hydrogen-bond donors (Lipinski definition) is 2. The number of thiocarbonyl (C=S) groups is 1. The summed E-state index contributed by atoms with van der Waals surface area (Å²) in [5.41, 5.74) is 0.526. The van der Waals surface area contributed by atoms with Gasteiger partial charge in [0.25, 0.3) is 0 Å². The van der Waals surface area contributed by atoms with Crippen LogP contribution in [-0.2, 0) is 4.74 Å². The normalized spacial score (nSPS) is 17.5. The van der Waals surface area contributed by atoms with E-state index >= 15 is 0 Å². The molecule has 0 bridgehead atoms. The van der Waals surface area contributed by atoms with Gasteiger partial charge >= 0.3 is 6.03 Å². The highest BCUT2D eigenvalue weighted by atomic mass is 35.5. The van der Waals surface area contributed by atoms with Crippen molar-refractivity contribution in [3.8, 4) is 5.75 Å². The lowest BCUT2D eigenvalue weighted by Gasteiger charge is -2.31. The number of halogens is 1. The number of rotatable bonds is 5. The van der Waals surface area contributed by atoms with E-state index in [1.165, 1.54) is 0 Å². The Kier molecular flexibility index (Phi) is 7.55. The highest BCUT2D eigenvalue weighted by molar-refractivity contribution is 7.80. The summed E-state index contributed by atoms with van der Waals surface area (Å²) in [5, 5.41) is 10.6. The molecule has 0 aliphatic carbocycles. The summed E-state index contributed by atoms with van der Waals surface area (Å²) in [6.07, 6.45) is 0.853. The van der Waals surface area contributed by atoms with Crippen LogP contribution in [0.3, 0.4) is 0 Å². The van der Waals surface area contributed by atoms with Crippen molar-refractivity contribution in [2.45, 2.75) is 6.42 Å². The van der Waals surface area contributed by atoms with Gasteiger partial charge in [-0.15, -0.1) is 0 Å². The number of hydrazine groups is 1. The first kappa shape index (κ1) is 20.9. The summed E-state index contributed by atoms with van der Waals surface area (Å²) in [4.78, 5) is 15.1. The van der Waals surface area contributed by atoms with Gasteiger partial charge in [0.05, 0.1) is 26.0 Å². The van der Waals surface area contributed by atoms with E-state index in [0.717, 1.165) is 45.8 Å². The van der Waals surface area contributed by atoms with Gasteiger partial charge in [0, 0.05) is 44.3 Å². The fraction of sp³-hybridized carbons (Fsp3) is 0.556. The van der Waals surface area contributed by atoms with E-state index in [2.05, 4.69) is 15.5 Å². The Morgan fingerprint density at radius 2 is 2.00 bits per heavy atom. The lowest BCUT2D eigenvalue weighted by Crippen LogP contribution is -2.51. The molecule has 0 atom stereocenters. The maximum absolute atomic E-state index is 12.8. The number of ether oxygens (including phenoxy) is 2. The molecule has 2 heterocycles. The summed E-state index contributed by atoms with van der Waals surface area (Å²) in [6, 6.07) is 4.83. The SMILES string of the molecule is COc1ccc(Cl)cc1NC(=O)N1CCCN1C(=S)NCCN1CCOCC1. The largest absolute Gasteiger partial charge is 0.495 e. The Bertz CT molecular complexity index is 702. The van der Waals surface area contributed by atoms with Gasteiger partial charge in [0.1, 0.15) is 5.75 Å². The fourth-order valence-corrected chi connectivity index (χ4v) is 3.69. The highest BCUT2D eigenvalue weighted by Crippen LogP contribution is 2.28. The van der Waals surface area contributed by atoms with E-state index in [4.69, 9.17) is 33.3 Å². The second kappa shape index (κ2) is 10.1. The van der Waals surface area contributed by atoms with Gasteiger partial charge in [-0.2, -0.15) is 0 Å². The summed E-state index contributed by atoms with van der Waals surface area (Å²) < 4.78 is 10.6. The third kappa shape index (κ3) is 5.38. The molecule has 2 aliphatic rings. The van der Waals surface area contributed by atoms with E-state index in [9.17, 15) is 4.79 Å². The molecule has 0 saturated carbocycles. The maximum atomic E-state index is 12.8. The van der Waals surface area contributed by atoms with E-state index in [1.807, 2.05) is 0 Å². The Morgan fingerprint density at radius 3 is 2.75 bits per heavy atom. The van der Waals surface area contributed by atoms with Gasteiger partial charge in [-0.3, -0.25) is 9.91 Å². The molecule has 0 aromatic heterocycles. The monoisotopic (exact) mass is 427 g/mol. The predicted octanol–water partition coefficient (Wildman–Crippen LogP) is 2.01. The molecule has 3 rings (SSSR count). The molecule has 2 saturated heterocycles. The average molecular weight is 428 g/mol. The van der Waals surface area contributed by atoms with Crippen molar-refractivity contribution in [3.05, 3.63) is 23.2 Å². The average Bonchev–Trinajstić information content (AvgIpc) is 3.19. The number of nitrogens with one attached hydrogen (secondary N) is 2. The van der Waals surface area contributed by atoms with Crippen molar-refractivity contribution in [3.63, 3.8) is 0 Å². The van der Waals surface area contributed by atoms with E-state index in [0.29, 0.717) is 34.7 Å². The van der Waals surface area contributed by atoms with Crippen LogP contribution in [0.5, 0.6) is 5.75 Å². The van der Waals surface area contributed by atoms with Crippen LogP contribution in [0.2, 0.25) is 5.02 Å². The van der Waals surface area contributed by atoms with Gasteiger partial charge in [-0.1, -0.05) is 11.6 Å². The smallest absolute Gasteiger partial charge is 0.340 e. The van der Waals surface area contributed by atoms with Crippen molar-refractivity contribution in [2.75, 3.05) is 64.9 Å². The van der Waals surface area contributed by atoms with Crippen molar-refractivity contribution in [2.24, 2.45) is 0 Å². The van der Waals surface area contributed by atoms with E-state index in [-0.39, 0.29) is 6.03 Å². The van der Waals surface area contributed by atoms with Crippen LogP contribution in [0.25, 0.3) is 0 Å². The molecule has 10 heteroatoms. The molecule has 0 radical (unpaired) electrons. The minimum absolute atomic E-state index is 0.268.